The van der Waals surface area contributed by atoms with Crippen LogP contribution < -0.4 is 5.32 Å². The first-order valence-electron chi connectivity index (χ1n) is 6.24. The lowest BCUT2D eigenvalue weighted by atomic mass is 10.1. The van der Waals surface area contributed by atoms with Gasteiger partial charge >= 0.3 is 0 Å². The van der Waals surface area contributed by atoms with Gasteiger partial charge in [-0.1, -0.05) is 13.3 Å². The first-order chi connectivity index (χ1) is 7.22. The number of piperidine rings is 1. The summed E-state index contributed by atoms with van der Waals surface area (Å²) in [5.41, 5.74) is 0. The smallest absolute Gasteiger partial charge is 0.221 e. The summed E-state index contributed by atoms with van der Waals surface area (Å²) in [6.45, 7) is 7.43. The van der Waals surface area contributed by atoms with Crippen LogP contribution in [-0.4, -0.2) is 36.5 Å². The number of hydrogen-bond acceptors (Lipinski definition) is 2. The van der Waals surface area contributed by atoms with Gasteiger partial charge in [0.1, 0.15) is 0 Å². The lowest BCUT2D eigenvalue weighted by Crippen LogP contribution is -2.36. The van der Waals surface area contributed by atoms with E-state index in [1.165, 1.54) is 32.4 Å². The molecule has 0 spiro atoms. The van der Waals surface area contributed by atoms with Gasteiger partial charge in [0.2, 0.25) is 5.91 Å². The van der Waals surface area contributed by atoms with Gasteiger partial charge in [-0.05, 0) is 39.3 Å². The molecule has 0 radical (unpaired) electrons. The fourth-order valence-corrected chi connectivity index (χ4v) is 1.89. The summed E-state index contributed by atoms with van der Waals surface area (Å²) in [5, 5.41) is 3.00. The van der Waals surface area contributed by atoms with Crippen molar-refractivity contribution in [3.05, 3.63) is 0 Å². The van der Waals surface area contributed by atoms with Crippen molar-refractivity contribution in [2.75, 3.05) is 19.6 Å². The summed E-state index contributed by atoms with van der Waals surface area (Å²) in [6, 6.07) is 0.318. The van der Waals surface area contributed by atoms with E-state index in [2.05, 4.69) is 24.1 Å². The van der Waals surface area contributed by atoms with E-state index in [1.54, 1.807) is 0 Å². The third kappa shape index (κ3) is 5.17. The maximum atomic E-state index is 11.5. The number of likely N-dealkylation sites (tertiary alicyclic amines) is 1. The highest BCUT2D eigenvalue weighted by molar-refractivity contribution is 5.76. The zero-order valence-corrected chi connectivity index (χ0v) is 10.1. The van der Waals surface area contributed by atoms with Crippen molar-refractivity contribution in [3.8, 4) is 0 Å². The van der Waals surface area contributed by atoms with Crippen molar-refractivity contribution in [2.24, 2.45) is 0 Å². The van der Waals surface area contributed by atoms with Crippen LogP contribution in [-0.2, 0) is 4.79 Å². The molecule has 1 saturated heterocycles. The predicted octanol–water partition coefficient (Wildman–Crippen LogP) is 1.78. The van der Waals surface area contributed by atoms with E-state index in [0.29, 0.717) is 12.5 Å². The van der Waals surface area contributed by atoms with Gasteiger partial charge in [-0.2, -0.15) is 0 Å². The molecule has 88 valence electrons. The van der Waals surface area contributed by atoms with Crippen LogP contribution in [0.15, 0.2) is 0 Å². The van der Waals surface area contributed by atoms with Crippen molar-refractivity contribution in [3.63, 3.8) is 0 Å². The Labute approximate surface area is 93.2 Å². The quantitative estimate of drug-likeness (QED) is 0.753. The van der Waals surface area contributed by atoms with Gasteiger partial charge in [0, 0.05) is 19.0 Å². The second-order valence-electron chi connectivity index (χ2n) is 4.53. The molecule has 3 heteroatoms. The first-order valence-corrected chi connectivity index (χ1v) is 6.24. The number of amides is 1. The molecular formula is C12H24N2O. The van der Waals surface area contributed by atoms with E-state index in [0.717, 1.165) is 13.0 Å². The molecule has 1 heterocycles. The van der Waals surface area contributed by atoms with Gasteiger partial charge in [0.25, 0.3) is 0 Å². The molecule has 1 N–H and O–H groups in total. The van der Waals surface area contributed by atoms with E-state index < -0.39 is 0 Å². The van der Waals surface area contributed by atoms with Crippen molar-refractivity contribution in [1.82, 2.24) is 10.2 Å². The number of nitrogens with zero attached hydrogens (tertiary/aromatic N) is 1. The maximum Gasteiger partial charge on any atom is 0.221 e. The van der Waals surface area contributed by atoms with Crippen LogP contribution in [0.5, 0.6) is 0 Å². The number of carbonyl (C=O) groups is 1. The van der Waals surface area contributed by atoms with E-state index in [1.807, 2.05) is 0 Å². The minimum absolute atomic E-state index is 0.204. The van der Waals surface area contributed by atoms with Crippen LogP contribution in [0.4, 0.5) is 0 Å². The Hall–Kier alpha value is -0.570. The molecule has 0 saturated carbocycles. The predicted molar refractivity (Wildman–Crippen MR) is 62.8 cm³/mol. The fraction of sp³-hybridized carbons (Fsp3) is 0.917. The van der Waals surface area contributed by atoms with Crippen LogP contribution in [0, 0.1) is 0 Å². The monoisotopic (exact) mass is 212 g/mol. The van der Waals surface area contributed by atoms with Gasteiger partial charge in [-0.25, -0.2) is 0 Å². The average Bonchev–Trinajstić information content (AvgIpc) is 2.27. The van der Waals surface area contributed by atoms with Crippen molar-refractivity contribution in [2.45, 2.75) is 52.0 Å². The molecule has 1 aliphatic heterocycles. The lowest BCUT2D eigenvalue weighted by Gasteiger charge is -2.26. The summed E-state index contributed by atoms with van der Waals surface area (Å²) < 4.78 is 0. The molecule has 3 nitrogen and oxygen atoms in total. The van der Waals surface area contributed by atoms with Crippen LogP contribution >= 0.6 is 0 Å². The number of rotatable bonds is 5. The van der Waals surface area contributed by atoms with E-state index in [-0.39, 0.29) is 5.91 Å². The third-order valence-corrected chi connectivity index (χ3v) is 3.12. The average molecular weight is 212 g/mol. The number of hydrogen-bond donors (Lipinski definition) is 1. The highest BCUT2D eigenvalue weighted by Crippen LogP contribution is 2.08. The summed E-state index contributed by atoms with van der Waals surface area (Å²) in [6.07, 6.45) is 5.62. The number of nitrogens with one attached hydrogen (secondary N) is 1. The fourth-order valence-electron chi connectivity index (χ4n) is 1.89. The summed E-state index contributed by atoms with van der Waals surface area (Å²) in [4.78, 5) is 13.9. The van der Waals surface area contributed by atoms with Crippen molar-refractivity contribution in [1.29, 1.82) is 0 Å². The second kappa shape index (κ2) is 6.83. The van der Waals surface area contributed by atoms with E-state index in [4.69, 9.17) is 0 Å². The third-order valence-electron chi connectivity index (χ3n) is 3.12. The Morgan fingerprint density at radius 3 is 2.60 bits per heavy atom. The molecule has 1 rings (SSSR count). The molecule has 0 aromatic carbocycles. The van der Waals surface area contributed by atoms with Gasteiger partial charge in [-0.15, -0.1) is 0 Å². The minimum Gasteiger partial charge on any atom is -0.354 e. The largest absolute Gasteiger partial charge is 0.354 e. The zero-order valence-electron chi connectivity index (χ0n) is 10.1. The Bertz CT molecular complexity index is 188. The summed E-state index contributed by atoms with van der Waals surface area (Å²) >= 11 is 0. The van der Waals surface area contributed by atoms with Gasteiger partial charge in [0.05, 0.1) is 0 Å². The van der Waals surface area contributed by atoms with Gasteiger partial charge in [0.15, 0.2) is 0 Å². The highest BCUT2D eigenvalue weighted by atomic mass is 16.1. The molecule has 1 aliphatic rings. The molecule has 15 heavy (non-hydrogen) atoms. The van der Waals surface area contributed by atoms with Crippen molar-refractivity contribution < 1.29 is 4.79 Å². The Kier molecular flexibility index (Phi) is 5.69. The zero-order chi connectivity index (χ0) is 11.1. The summed E-state index contributed by atoms with van der Waals surface area (Å²) in [5.74, 6) is 0.204. The van der Waals surface area contributed by atoms with Crippen molar-refractivity contribution >= 4 is 5.91 Å². The minimum atomic E-state index is 0.204. The molecule has 0 bridgehead atoms. The molecular weight excluding hydrogens is 188 g/mol. The molecule has 1 atom stereocenters. The van der Waals surface area contributed by atoms with Gasteiger partial charge in [-0.3, -0.25) is 4.79 Å². The standard InChI is InChI=1S/C12H24N2O/c1-3-11(2)13-12(15)7-10-14-8-5-4-6-9-14/h11H,3-10H2,1-2H3,(H,13,15). The van der Waals surface area contributed by atoms with E-state index in [9.17, 15) is 4.79 Å². The number of carbonyl (C=O) groups excluding carboxylic acids is 1. The van der Waals surface area contributed by atoms with E-state index >= 15 is 0 Å². The van der Waals surface area contributed by atoms with Crippen LogP contribution in [0.2, 0.25) is 0 Å². The molecule has 1 unspecified atom stereocenters. The molecule has 1 amide bonds. The molecule has 0 aliphatic carbocycles. The lowest BCUT2D eigenvalue weighted by molar-refractivity contribution is -0.122. The van der Waals surface area contributed by atoms with Gasteiger partial charge < -0.3 is 10.2 Å². The molecule has 0 aromatic heterocycles. The normalized spacial score (nSPS) is 19.9. The Balaban J connectivity index is 2.10. The first kappa shape index (κ1) is 12.5. The molecule has 0 aromatic rings. The maximum absolute atomic E-state index is 11.5. The Morgan fingerprint density at radius 1 is 1.33 bits per heavy atom. The summed E-state index contributed by atoms with van der Waals surface area (Å²) in [7, 11) is 0. The van der Waals surface area contributed by atoms with Crippen LogP contribution in [0.25, 0.3) is 0 Å². The van der Waals surface area contributed by atoms with Crippen LogP contribution in [0.1, 0.15) is 46.0 Å². The SMILES string of the molecule is CCC(C)NC(=O)CCN1CCCCC1. The van der Waals surface area contributed by atoms with Crippen LogP contribution in [0.3, 0.4) is 0 Å². The Morgan fingerprint density at radius 2 is 2.00 bits per heavy atom. The topological polar surface area (TPSA) is 32.3 Å². The highest BCUT2D eigenvalue weighted by Gasteiger charge is 2.12. The second-order valence-corrected chi connectivity index (χ2v) is 4.53. The molecule has 1 fully saturated rings.